The Morgan fingerprint density at radius 3 is 1.42 bits per heavy atom. The van der Waals surface area contributed by atoms with Crippen LogP contribution in [0.25, 0.3) is 16.9 Å². The van der Waals surface area contributed by atoms with Crippen LogP contribution >= 0.6 is 0 Å². The van der Waals surface area contributed by atoms with Crippen molar-refractivity contribution in [1.82, 2.24) is 0 Å². The van der Waals surface area contributed by atoms with E-state index in [1.54, 1.807) is 0 Å². The molecule has 174 valence electrons. The summed E-state index contributed by atoms with van der Waals surface area (Å²) in [5.74, 6) is 0. The fourth-order valence-corrected chi connectivity index (χ4v) is 2.74. The van der Waals surface area contributed by atoms with Crippen molar-refractivity contribution in [3.05, 3.63) is 103 Å². The predicted octanol–water partition coefficient (Wildman–Crippen LogP) is 0.659. The van der Waals surface area contributed by atoms with Crippen molar-refractivity contribution in [2.75, 3.05) is 0 Å². The van der Waals surface area contributed by atoms with Crippen LogP contribution in [0.4, 0.5) is 0 Å². The van der Waals surface area contributed by atoms with Gasteiger partial charge in [0.05, 0.1) is 0 Å². The normalized spacial score (nSPS) is 11.4. The Morgan fingerprint density at radius 1 is 0.742 bits per heavy atom. The SMILES string of the molecule is CC(C)(C)[NH-].CC1=[C-]CC(c2ccc(C)cc2)=C1c1ccc(C)cc1.[CH3-].[CH3-].[Cl-].[Cl-].[SiH4].[Ti+2]. The van der Waals surface area contributed by atoms with Crippen LogP contribution in [0.3, 0.4) is 0 Å². The Bertz CT molecular complexity index is 784. The van der Waals surface area contributed by atoms with Crippen LogP contribution in [0.1, 0.15) is 56.4 Å². The second-order valence-electron chi connectivity index (χ2n) is 7.81. The van der Waals surface area contributed by atoms with Crippen LogP contribution in [0.2, 0.25) is 0 Å². The summed E-state index contributed by atoms with van der Waals surface area (Å²) in [5.41, 5.74) is 15.9. The zero-order chi connectivity index (χ0) is 18.6. The molecule has 0 atom stereocenters. The summed E-state index contributed by atoms with van der Waals surface area (Å²) >= 11 is 0. The van der Waals surface area contributed by atoms with Crippen molar-refractivity contribution in [3.63, 3.8) is 0 Å². The van der Waals surface area contributed by atoms with Crippen molar-refractivity contribution < 1.29 is 46.5 Å². The van der Waals surface area contributed by atoms with Gasteiger partial charge in [0, 0.05) is 0 Å². The van der Waals surface area contributed by atoms with E-state index in [4.69, 9.17) is 5.73 Å². The molecule has 0 bridgehead atoms. The zero-order valence-corrected chi connectivity index (χ0v) is 22.7. The van der Waals surface area contributed by atoms with Gasteiger partial charge in [-0.2, -0.15) is 5.57 Å². The van der Waals surface area contributed by atoms with Crippen LogP contribution in [-0.4, -0.2) is 16.5 Å². The Kier molecular flexibility index (Phi) is 23.5. The van der Waals surface area contributed by atoms with Crippen LogP contribution in [0, 0.1) is 34.8 Å². The molecule has 5 heteroatoms. The minimum atomic E-state index is -0.250. The molecule has 0 saturated carbocycles. The molecule has 0 fully saturated rings. The van der Waals surface area contributed by atoms with E-state index in [2.05, 4.69) is 75.4 Å². The molecular formula is C26H39Cl2NSiTi-4. The molecule has 1 N–H and O–H groups in total. The molecule has 0 aromatic heterocycles. The number of nitrogens with one attached hydrogen (secondary N) is 1. The number of benzene rings is 2. The van der Waals surface area contributed by atoms with Crippen LogP contribution in [0.15, 0.2) is 54.1 Å². The molecule has 0 spiro atoms. The molecule has 0 unspecified atom stereocenters. The molecule has 1 nitrogen and oxygen atoms in total. The molecule has 1 aliphatic carbocycles. The molecule has 0 saturated heterocycles. The molecule has 0 heterocycles. The number of hydrogen-bond acceptors (Lipinski definition) is 0. The summed E-state index contributed by atoms with van der Waals surface area (Å²) in [7, 11) is 0. The number of hydrogen-bond donors (Lipinski definition) is 0. The van der Waals surface area contributed by atoms with Crippen LogP contribution < -0.4 is 24.8 Å². The van der Waals surface area contributed by atoms with Crippen molar-refractivity contribution >= 4 is 22.1 Å². The van der Waals surface area contributed by atoms with E-state index >= 15 is 0 Å². The topological polar surface area (TPSA) is 23.8 Å². The van der Waals surface area contributed by atoms with Crippen molar-refractivity contribution in [2.45, 2.75) is 53.5 Å². The zero-order valence-electron chi connectivity index (χ0n) is 19.6. The maximum Gasteiger partial charge on any atom is 2.00 e. The van der Waals surface area contributed by atoms with E-state index in [0.717, 1.165) is 6.42 Å². The van der Waals surface area contributed by atoms with Crippen molar-refractivity contribution in [1.29, 1.82) is 0 Å². The number of rotatable bonds is 2. The molecule has 3 rings (SSSR count). The largest absolute Gasteiger partial charge is 2.00 e. The van der Waals surface area contributed by atoms with Gasteiger partial charge in [0.25, 0.3) is 0 Å². The van der Waals surface area contributed by atoms with Crippen LogP contribution in [-0.2, 0) is 21.7 Å². The molecule has 0 aliphatic heterocycles. The molecule has 2 aromatic rings. The summed E-state index contributed by atoms with van der Waals surface area (Å²) in [5, 5.41) is 0. The Hall–Kier alpha value is -0.609. The minimum Gasteiger partial charge on any atom is -1.00 e. The Labute approximate surface area is 224 Å². The number of halogens is 2. The molecular weight excluding hydrogens is 473 g/mol. The molecule has 0 amide bonds. The molecule has 2 aromatic carbocycles. The molecule has 1 aliphatic rings. The maximum absolute atomic E-state index is 6.94. The average molecular weight is 512 g/mol. The van der Waals surface area contributed by atoms with Gasteiger partial charge in [-0.05, 0) is 30.4 Å². The molecule has 0 radical (unpaired) electrons. The summed E-state index contributed by atoms with van der Waals surface area (Å²) in [6.45, 7) is 12.0. The first-order valence-corrected chi connectivity index (χ1v) is 8.85. The first-order valence-electron chi connectivity index (χ1n) is 8.85. The van der Waals surface area contributed by atoms with Crippen molar-refractivity contribution in [2.24, 2.45) is 0 Å². The standard InChI is InChI=1S/C20H19.C4H10N.2CH3.2ClH.H4Si.Ti/c1-14-4-9-17(10-5-14)19-13-8-16(3)20(19)18-11-6-15(2)7-12-18;1-4(2,3)5;;;;;;/h4-7,9-12H,13H2,1-3H3;5H,1-3H3;2*1H3;2*1H;1H4;/q4*-1;;;;+2/p-2. The third kappa shape index (κ3) is 13.5. The van der Waals surface area contributed by atoms with Gasteiger partial charge in [-0.15, -0.1) is 17.5 Å². The van der Waals surface area contributed by atoms with Gasteiger partial charge in [-0.3, -0.25) is 6.08 Å². The second-order valence-corrected chi connectivity index (χ2v) is 7.81. The summed E-state index contributed by atoms with van der Waals surface area (Å²) < 4.78 is 0. The second kappa shape index (κ2) is 17.9. The van der Waals surface area contributed by atoms with E-state index < -0.39 is 0 Å². The quantitative estimate of drug-likeness (QED) is 0.417. The first-order chi connectivity index (χ1) is 11.6. The van der Waals surface area contributed by atoms with Gasteiger partial charge >= 0.3 is 21.7 Å². The fraction of sp³-hybridized carbons (Fsp3) is 0.308. The number of allylic oxidation sites excluding steroid dienone is 4. The van der Waals surface area contributed by atoms with E-state index in [1.165, 1.54) is 39.0 Å². The predicted molar refractivity (Wildman–Crippen MR) is 134 cm³/mol. The summed E-state index contributed by atoms with van der Waals surface area (Å²) in [6, 6.07) is 17.6. The third-order valence-electron chi connectivity index (χ3n) is 3.95. The average Bonchev–Trinajstić information content (AvgIpc) is 2.89. The monoisotopic (exact) mass is 511 g/mol. The van der Waals surface area contributed by atoms with Crippen LogP contribution in [0.5, 0.6) is 0 Å². The van der Waals surface area contributed by atoms with Gasteiger partial charge in [0.1, 0.15) is 0 Å². The summed E-state index contributed by atoms with van der Waals surface area (Å²) in [6.07, 6.45) is 4.40. The van der Waals surface area contributed by atoms with E-state index in [1.807, 2.05) is 20.8 Å². The minimum absolute atomic E-state index is 0. The van der Waals surface area contributed by atoms with E-state index in [0.29, 0.717) is 0 Å². The Balaban J connectivity index is -0.000000187. The van der Waals surface area contributed by atoms with E-state index in [-0.39, 0.29) is 77.9 Å². The smallest absolute Gasteiger partial charge is 1.00 e. The van der Waals surface area contributed by atoms with Gasteiger partial charge in [-0.25, -0.2) is 5.57 Å². The first kappa shape index (κ1) is 40.7. The molecule has 31 heavy (non-hydrogen) atoms. The summed E-state index contributed by atoms with van der Waals surface area (Å²) in [4.78, 5) is 0. The van der Waals surface area contributed by atoms with Gasteiger partial charge in [0.15, 0.2) is 0 Å². The third-order valence-corrected chi connectivity index (χ3v) is 3.95. The van der Waals surface area contributed by atoms with Crippen molar-refractivity contribution in [3.8, 4) is 0 Å². The Morgan fingerprint density at radius 2 is 1.06 bits per heavy atom. The van der Waals surface area contributed by atoms with Gasteiger partial charge in [-0.1, -0.05) is 92.9 Å². The van der Waals surface area contributed by atoms with Gasteiger partial charge in [0.2, 0.25) is 0 Å². The van der Waals surface area contributed by atoms with E-state index in [9.17, 15) is 0 Å². The van der Waals surface area contributed by atoms with Gasteiger partial charge < -0.3 is 45.4 Å². The number of aryl methyl sites for hydroxylation is 2. The fourth-order valence-electron chi connectivity index (χ4n) is 2.74. The maximum atomic E-state index is 6.94.